The summed E-state index contributed by atoms with van der Waals surface area (Å²) in [5.41, 5.74) is 2.12. The number of benzene rings is 1. The Morgan fingerprint density at radius 2 is 2.25 bits per heavy atom. The Morgan fingerprint density at radius 1 is 1.46 bits per heavy atom. The molecule has 24 heavy (non-hydrogen) atoms. The number of aliphatic hydroxyl groups excluding tert-OH is 1. The highest BCUT2D eigenvalue weighted by Gasteiger charge is 2.21. The van der Waals surface area contributed by atoms with Crippen LogP contribution in [-0.4, -0.2) is 41.4 Å². The van der Waals surface area contributed by atoms with E-state index in [1.54, 1.807) is 6.08 Å². The van der Waals surface area contributed by atoms with Crippen LogP contribution in [0.3, 0.4) is 0 Å². The second kappa shape index (κ2) is 7.64. The second-order valence-electron chi connectivity index (χ2n) is 6.43. The monoisotopic (exact) mass is 328 g/mol. The second-order valence-corrected chi connectivity index (χ2v) is 6.43. The van der Waals surface area contributed by atoms with Crippen LogP contribution < -0.4 is 5.32 Å². The number of rotatable bonds is 8. The van der Waals surface area contributed by atoms with Gasteiger partial charge in [0, 0.05) is 48.9 Å². The summed E-state index contributed by atoms with van der Waals surface area (Å²) in [4.78, 5) is 11.9. The zero-order valence-electron chi connectivity index (χ0n) is 13.9. The highest BCUT2D eigenvalue weighted by molar-refractivity contribution is 5.96. The van der Waals surface area contributed by atoms with Gasteiger partial charge < -0.3 is 19.7 Å². The van der Waals surface area contributed by atoms with Gasteiger partial charge in [0.2, 0.25) is 5.91 Å². The lowest BCUT2D eigenvalue weighted by Crippen LogP contribution is -2.33. The predicted octanol–water partition coefficient (Wildman–Crippen LogP) is 2.10. The molecule has 1 heterocycles. The van der Waals surface area contributed by atoms with Crippen molar-refractivity contribution >= 4 is 22.9 Å². The molecule has 1 aliphatic rings. The summed E-state index contributed by atoms with van der Waals surface area (Å²) >= 11 is 0. The lowest BCUT2D eigenvalue weighted by molar-refractivity contribution is -0.117. The molecule has 128 valence electrons. The maximum Gasteiger partial charge on any atom is 0.244 e. The first-order chi connectivity index (χ1) is 11.6. The van der Waals surface area contributed by atoms with E-state index in [0.717, 1.165) is 16.5 Å². The van der Waals surface area contributed by atoms with E-state index in [9.17, 15) is 9.90 Å². The fraction of sp³-hybridized carbons (Fsp3) is 0.421. The molecule has 0 radical (unpaired) electrons. The summed E-state index contributed by atoms with van der Waals surface area (Å²) in [7, 11) is 1.98. The van der Waals surface area contributed by atoms with Gasteiger partial charge >= 0.3 is 0 Å². The van der Waals surface area contributed by atoms with Gasteiger partial charge in [-0.1, -0.05) is 18.2 Å². The van der Waals surface area contributed by atoms with Gasteiger partial charge in [-0.15, -0.1) is 0 Å². The number of nitrogens with zero attached hydrogens (tertiary/aromatic N) is 1. The molecule has 1 unspecified atom stereocenters. The Hall–Kier alpha value is -2.11. The molecule has 0 saturated heterocycles. The largest absolute Gasteiger partial charge is 0.389 e. The number of para-hydroxylation sites is 1. The lowest BCUT2D eigenvalue weighted by atomic mass is 10.1. The zero-order valence-corrected chi connectivity index (χ0v) is 13.9. The molecule has 3 rings (SSSR count). The van der Waals surface area contributed by atoms with E-state index in [2.05, 4.69) is 5.32 Å². The Labute approximate surface area is 141 Å². The Kier molecular flexibility index (Phi) is 5.33. The number of aliphatic hydroxyl groups is 1. The van der Waals surface area contributed by atoms with Gasteiger partial charge in [-0.3, -0.25) is 4.79 Å². The standard InChI is InChI=1S/C19H24N2O3/c1-21-11-15(17-4-2-3-5-18(17)21)8-9-19(23)20-10-16(22)13-24-12-14-6-7-14/h2-5,8-9,11,14,16,22H,6-7,10,12-13H2,1H3,(H,20,23)/b9-8+. The van der Waals surface area contributed by atoms with Crippen molar-refractivity contribution in [2.45, 2.75) is 18.9 Å². The minimum atomic E-state index is -0.668. The van der Waals surface area contributed by atoms with Gasteiger partial charge in [0.05, 0.1) is 12.7 Å². The Bertz CT molecular complexity index is 731. The molecule has 1 fully saturated rings. The van der Waals surface area contributed by atoms with Gasteiger partial charge in [-0.25, -0.2) is 0 Å². The summed E-state index contributed by atoms with van der Waals surface area (Å²) in [6, 6.07) is 8.06. The quantitative estimate of drug-likeness (QED) is 0.730. The molecular formula is C19H24N2O3. The van der Waals surface area contributed by atoms with E-state index in [1.807, 2.05) is 42.1 Å². The van der Waals surface area contributed by atoms with Crippen molar-refractivity contribution in [3.63, 3.8) is 0 Å². The lowest BCUT2D eigenvalue weighted by Gasteiger charge is -2.11. The number of hydrogen-bond acceptors (Lipinski definition) is 3. The molecule has 2 N–H and O–H groups in total. The molecule has 5 heteroatoms. The average molecular weight is 328 g/mol. The number of aryl methyl sites for hydroxylation is 1. The highest BCUT2D eigenvalue weighted by atomic mass is 16.5. The van der Waals surface area contributed by atoms with Crippen LogP contribution in [0.4, 0.5) is 0 Å². The van der Waals surface area contributed by atoms with E-state index in [0.29, 0.717) is 12.5 Å². The molecule has 5 nitrogen and oxygen atoms in total. The first-order valence-electron chi connectivity index (χ1n) is 8.39. The fourth-order valence-electron chi connectivity index (χ4n) is 2.66. The first kappa shape index (κ1) is 16.7. The summed E-state index contributed by atoms with van der Waals surface area (Å²) in [5, 5.41) is 13.6. The maximum absolute atomic E-state index is 11.9. The number of amides is 1. The summed E-state index contributed by atoms with van der Waals surface area (Å²) in [6.45, 7) is 1.18. The van der Waals surface area contributed by atoms with E-state index in [1.165, 1.54) is 18.9 Å². The third kappa shape index (κ3) is 4.46. The molecule has 1 aliphatic carbocycles. The normalized spacial score (nSPS) is 15.9. The van der Waals surface area contributed by atoms with Crippen molar-refractivity contribution in [1.29, 1.82) is 0 Å². The van der Waals surface area contributed by atoms with E-state index >= 15 is 0 Å². The summed E-state index contributed by atoms with van der Waals surface area (Å²) < 4.78 is 7.45. The summed E-state index contributed by atoms with van der Waals surface area (Å²) in [5.74, 6) is 0.458. The predicted molar refractivity (Wildman–Crippen MR) is 94.5 cm³/mol. The number of fused-ring (bicyclic) bond motifs is 1. The smallest absolute Gasteiger partial charge is 0.244 e. The molecule has 0 aliphatic heterocycles. The van der Waals surface area contributed by atoms with Crippen molar-refractivity contribution in [3.05, 3.63) is 42.1 Å². The first-order valence-corrected chi connectivity index (χ1v) is 8.39. The third-order valence-corrected chi connectivity index (χ3v) is 4.21. The van der Waals surface area contributed by atoms with Gasteiger partial charge in [0.25, 0.3) is 0 Å². The fourth-order valence-corrected chi connectivity index (χ4v) is 2.66. The van der Waals surface area contributed by atoms with Crippen molar-refractivity contribution in [2.75, 3.05) is 19.8 Å². The number of aromatic nitrogens is 1. The maximum atomic E-state index is 11.9. The molecule has 1 aromatic carbocycles. The minimum absolute atomic E-state index is 0.198. The van der Waals surface area contributed by atoms with Crippen LogP contribution in [0.25, 0.3) is 17.0 Å². The van der Waals surface area contributed by atoms with Crippen molar-refractivity contribution < 1.29 is 14.6 Å². The minimum Gasteiger partial charge on any atom is -0.389 e. The van der Waals surface area contributed by atoms with Crippen molar-refractivity contribution in [1.82, 2.24) is 9.88 Å². The molecule has 2 aromatic rings. The number of carbonyl (C=O) groups excluding carboxylic acids is 1. The third-order valence-electron chi connectivity index (χ3n) is 4.21. The number of nitrogens with one attached hydrogen (secondary N) is 1. The topological polar surface area (TPSA) is 63.5 Å². The van der Waals surface area contributed by atoms with Gasteiger partial charge in [-0.2, -0.15) is 0 Å². The molecule has 0 bridgehead atoms. The van der Waals surface area contributed by atoms with Gasteiger partial charge in [0.15, 0.2) is 0 Å². The number of hydrogen-bond donors (Lipinski definition) is 2. The SMILES string of the molecule is Cn1cc(/C=C/C(=O)NCC(O)COCC2CC2)c2ccccc21. The molecule has 1 atom stereocenters. The average Bonchev–Trinajstić information content (AvgIpc) is 3.35. The van der Waals surface area contributed by atoms with Crippen LogP contribution in [0.15, 0.2) is 36.5 Å². The molecule has 1 amide bonds. The van der Waals surface area contributed by atoms with Crippen LogP contribution in [0, 0.1) is 5.92 Å². The number of ether oxygens (including phenoxy) is 1. The van der Waals surface area contributed by atoms with Crippen LogP contribution in [0.5, 0.6) is 0 Å². The highest BCUT2D eigenvalue weighted by Crippen LogP contribution is 2.28. The molecule has 1 saturated carbocycles. The van der Waals surface area contributed by atoms with E-state index in [4.69, 9.17) is 4.74 Å². The van der Waals surface area contributed by atoms with Crippen LogP contribution >= 0.6 is 0 Å². The van der Waals surface area contributed by atoms with Crippen LogP contribution in [0.1, 0.15) is 18.4 Å². The van der Waals surface area contributed by atoms with E-state index < -0.39 is 6.10 Å². The summed E-state index contributed by atoms with van der Waals surface area (Å²) in [6.07, 6.45) is 7.08. The number of carbonyl (C=O) groups is 1. The van der Waals surface area contributed by atoms with Gasteiger partial charge in [0.1, 0.15) is 0 Å². The zero-order chi connectivity index (χ0) is 16.9. The van der Waals surface area contributed by atoms with E-state index in [-0.39, 0.29) is 19.1 Å². The molecule has 1 aromatic heterocycles. The van der Waals surface area contributed by atoms with Crippen LogP contribution in [0.2, 0.25) is 0 Å². The molecule has 0 spiro atoms. The van der Waals surface area contributed by atoms with Crippen molar-refractivity contribution in [3.8, 4) is 0 Å². The van der Waals surface area contributed by atoms with Gasteiger partial charge in [-0.05, 0) is 30.9 Å². The van der Waals surface area contributed by atoms with Crippen LogP contribution in [-0.2, 0) is 16.6 Å². The van der Waals surface area contributed by atoms with Crippen molar-refractivity contribution in [2.24, 2.45) is 13.0 Å². The Balaban J connectivity index is 1.47. The molecular weight excluding hydrogens is 304 g/mol. The Morgan fingerprint density at radius 3 is 3.04 bits per heavy atom.